The fraction of sp³-hybridized carbons (Fsp3) is 0.111. The van der Waals surface area contributed by atoms with Crippen molar-refractivity contribution in [3.63, 3.8) is 0 Å². The summed E-state index contributed by atoms with van der Waals surface area (Å²) < 4.78 is 29.2. The van der Waals surface area contributed by atoms with Gasteiger partial charge in [-0.05, 0) is 18.2 Å². The fourth-order valence-electron chi connectivity index (χ4n) is 2.44. The number of aromatic nitrogens is 1. The van der Waals surface area contributed by atoms with Crippen LogP contribution in [0.3, 0.4) is 0 Å². The zero-order chi connectivity index (χ0) is 20.5. The predicted molar refractivity (Wildman–Crippen MR) is 102 cm³/mol. The summed E-state index contributed by atoms with van der Waals surface area (Å²) in [5.41, 5.74) is -1.04. The summed E-state index contributed by atoms with van der Waals surface area (Å²) in [5.74, 6) is -0.532. The number of rotatable bonds is 5. The molecule has 0 saturated heterocycles. The second kappa shape index (κ2) is 7.24. The van der Waals surface area contributed by atoms with Gasteiger partial charge in [-0.25, -0.2) is 18.2 Å². The van der Waals surface area contributed by atoms with Crippen molar-refractivity contribution in [1.82, 2.24) is 4.98 Å². The number of aliphatic hydroxyl groups excluding tert-OH is 1. The molecular formula is C18H14N2O7S. The Morgan fingerprint density at radius 1 is 1.29 bits per heavy atom. The second-order valence-electron chi connectivity index (χ2n) is 5.76. The van der Waals surface area contributed by atoms with E-state index in [4.69, 9.17) is 4.42 Å². The number of nitro groups is 1. The van der Waals surface area contributed by atoms with Crippen molar-refractivity contribution >= 4 is 38.5 Å². The number of nitro benzene ring substituents is 1. The Labute approximate surface area is 158 Å². The molecule has 0 spiro atoms. The summed E-state index contributed by atoms with van der Waals surface area (Å²) in [5, 5.41) is 21.1. The van der Waals surface area contributed by atoms with E-state index in [2.05, 4.69) is 4.98 Å². The van der Waals surface area contributed by atoms with Crippen molar-refractivity contribution in [3.8, 4) is 0 Å². The minimum atomic E-state index is -3.48. The van der Waals surface area contributed by atoms with Gasteiger partial charge in [-0.2, -0.15) is 0 Å². The molecule has 0 atom stereocenters. The van der Waals surface area contributed by atoms with E-state index in [0.29, 0.717) is 0 Å². The smallest absolute Gasteiger partial charge is 0.362 e. The van der Waals surface area contributed by atoms with Crippen molar-refractivity contribution in [2.75, 3.05) is 5.75 Å². The van der Waals surface area contributed by atoms with Crippen LogP contribution in [0.5, 0.6) is 0 Å². The third-order valence-corrected chi connectivity index (χ3v) is 5.68. The molecule has 0 saturated carbocycles. The van der Waals surface area contributed by atoms with E-state index in [1.54, 1.807) is 0 Å². The van der Waals surface area contributed by atoms with Crippen LogP contribution in [0.2, 0.25) is 0 Å². The van der Waals surface area contributed by atoms with Crippen molar-refractivity contribution in [1.29, 1.82) is 0 Å². The van der Waals surface area contributed by atoms with Crippen LogP contribution in [0.1, 0.15) is 18.2 Å². The van der Waals surface area contributed by atoms with Gasteiger partial charge in [-0.15, -0.1) is 0 Å². The summed E-state index contributed by atoms with van der Waals surface area (Å²) in [6.45, 7) is 1.50. The van der Waals surface area contributed by atoms with Gasteiger partial charge in [0.15, 0.2) is 21.1 Å². The molecule has 0 aliphatic rings. The minimum Gasteiger partial charge on any atom is -0.507 e. The van der Waals surface area contributed by atoms with Crippen LogP contribution in [0.25, 0.3) is 22.9 Å². The number of nitrogens with zero attached hydrogens (tertiary/aromatic N) is 2. The van der Waals surface area contributed by atoms with Gasteiger partial charge in [-0.1, -0.05) is 19.1 Å². The molecule has 0 aliphatic carbocycles. The highest BCUT2D eigenvalue weighted by Gasteiger charge is 2.15. The summed E-state index contributed by atoms with van der Waals surface area (Å²) in [6.07, 6.45) is 1.01. The molecule has 28 heavy (non-hydrogen) atoms. The maximum Gasteiger partial charge on any atom is 0.362 e. The normalized spacial score (nSPS) is 12.2. The van der Waals surface area contributed by atoms with Crippen LogP contribution >= 0.6 is 0 Å². The summed E-state index contributed by atoms with van der Waals surface area (Å²) in [7, 11) is -3.48. The molecule has 9 nitrogen and oxygen atoms in total. The molecule has 144 valence electrons. The Morgan fingerprint density at radius 3 is 2.71 bits per heavy atom. The maximum atomic E-state index is 12.1. The average Bonchev–Trinajstić information content (AvgIpc) is 2.68. The highest BCUT2D eigenvalue weighted by molar-refractivity contribution is 7.91. The van der Waals surface area contributed by atoms with Crippen LogP contribution in [0, 0.1) is 10.1 Å². The van der Waals surface area contributed by atoms with E-state index in [0.717, 1.165) is 12.1 Å². The molecule has 0 bridgehead atoms. The molecular weight excluding hydrogens is 388 g/mol. The van der Waals surface area contributed by atoms with Crippen LogP contribution in [0.15, 0.2) is 56.6 Å². The van der Waals surface area contributed by atoms with Gasteiger partial charge in [-0.3, -0.25) is 10.1 Å². The molecule has 3 aromatic rings. The molecule has 0 unspecified atom stereocenters. The lowest BCUT2D eigenvalue weighted by atomic mass is 10.1. The number of hydrogen-bond acceptors (Lipinski definition) is 8. The third kappa shape index (κ3) is 3.76. The van der Waals surface area contributed by atoms with Crippen LogP contribution < -0.4 is 5.63 Å². The highest BCUT2D eigenvalue weighted by Crippen LogP contribution is 2.21. The molecule has 0 fully saturated rings. The van der Waals surface area contributed by atoms with Crippen molar-refractivity contribution < 1.29 is 22.9 Å². The summed E-state index contributed by atoms with van der Waals surface area (Å²) in [4.78, 5) is 26.4. The third-order valence-electron chi connectivity index (χ3n) is 3.95. The number of fused-ring (bicyclic) bond motifs is 1. The molecule has 1 N–H and O–H groups in total. The first-order valence-corrected chi connectivity index (χ1v) is 9.69. The lowest BCUT2D eigenvalue weighted by Crippen LogP contribution is -2.08. The summed E-state index contributed by atoms with van der Waals surface area (Å²) in [6, 6.07) is 9.14. The van der Waals surface area contributed by atoms with Gasteiger partial charge in [0, 0.05) is 23.8 Å². The Hall–Kier alpha value is -3.53. The first-order chi connectivity index (χ1) is 13.2. The number of non-ortho nitro benzene ring substituents is 1. The first-order valence-electron chi connectivity index (χ1n) is 8.04. The molecule has 0 amide bonds. The van der Waals surface area contributed by atoms with Crippen LogP contribution in [-0.2, 0) is 9.84 Å². The van der Waals surface area contributed by atoms with Crippen molar-refractivity contribution in [2.45, 2.75) is 11.8 Å². The van der Waals surface area contributed by atoms with E-state index in [9.17, 15) is 28.4 Å². The van der Waals surface area contributed by atoms with E-state index in [1.165, 1.54) is 43.3 Å². The van der Waals surface area contributed by atoms with Gasteiger partial charge in [0.05, 0.1) is 15.6 Å². The molecule has 2 aromatic carbocycles. The SMILES string of the molecule is CCS(=O)(=O)c1ccc2oc(=O)c(C=C(O)c3cccc([N+](=O)[O-])c3)nc2c1. The number of aliphatic hydroxyl groups is 1. The molecule has 0 radical (unpaired) electrons. The van der Waals surface area contributed by atoms with E-state index >= 15 is 0 Å². The zero-order valence-corrected chi connectivity index (χ0v) is 15.3. The lowest BCUT2D eigenvalue weighted by molar-refractivity contribution is -0.384. The lowest BCUT2D eigenvalue weighted by Gasteiger charge is -2.04. The zero-order valence-electron chi connectivity index (χ0n) is 14.5. The second-order valence-corrected chi connectivity index (χ2v) is 8.03. The quantitative estimate of drug-likeness (QED) is 0.390. The molecule has 1 heterocycles. The standard InChI is InChI=1S/C18H14N2O7S/c1-2-28(25,26)13-6-7-17-14(9-13)19-15(18(22)27-17)10-16(21)11-4-3-5-12(8-11)20(23)24/h3-10,21H,2H2,1H3. The van der Waals surface area contributed by atoms with Crippen molar-refractivity contribution in [3.05, 3.63) is 74.3 Å². The highest BCUT2D eigenvalue weighted by atomic mass is 32.2. The molecule has 10 heteroatoms. The van der Waals surface area contributed by atoms with E-state index in [-0.39, 0.29) is 38.7 Å². The molecule has 1 aromatic heterocycles. The Bertz CT molecular complexity index is 1280. The Balaban J connectivity index is 2.10. The van der Waals surface area contributed by atoms with Crippen molar-refractivity contribution in [2.24, 2.45) is 0 Å². The monoisotopic (exact) mass is 402 g/mol. The van der Waals surface area contributed by atoms with Gasteiger partial charge < -0.3 is 9.52 Å². The van der Waals surface area contributed by atoms with Crippen LogP contribution in [-0.4, -0.2) is 29.2 Å². The van der Waals surface area contributed by atoms with E-state index < -0.39 is 26.1 Å². The molecule has 3 rings (SSSR count). The van der Waals surface area contributed by atoms with Gasteiger partial charge in [0.2, 0.25) is 0 Å². The maximum absolute atomic E-state index is 12.1. The predicted octanol–water partition coefficient (Wildman–Crippen LogP) is 2.95. The van der Waals surface area contributed by atoms with Gasteiger partial charge >= 0.3 is 5.63 Å². The Kier molecular flexibility index (Phi) is 4.97. The van der Waals surface area contributed by atoms with Gasteiger partial charge in [0.25, 0.3) is 5.69 Å². The van der Waals surface area contributed by atoms with Gasteiger partial charge in [0.1, 0.15) is 11.3 Å². The minimum absolute atomic E-state index is 0.0293. The number of benzene rings is 2. The molecule has 0 aliphatic heterocycles. The topological polar surface area (TPSA) is 141 Å². The Morgan fingerprint density at radius 2 is 2.04 bits per heavy atom. The van der Waals surface area contributed by atoms with Crippen LogP contribution in [0.4, 0.5) is 5.69 Å². The number of sulfone groups is 1. The summed E-state index contributed by atoms with van der Waals surface area (Å²) >= 11 is 0. The average molecular weight is 402 g/mol. The fourth-order valence-corrected chi connectivity index (χ4v) is 3.34. The largest absolute Gasteiger partial charge is 0.507 e. The first kappa shape index (κ1) is 19.2. The van der Waals surface area contributed by atoms with E-state index in [1.807, 2.05) is 0 Å². The number of hydrogen-bond donors (Lipinski definition) is 1.